The highest BCUT2D eigenvalue weighted by molar-refractivity contribution is 7.98. The van der Waals surface area contributed by atoms with E-state index in [1.165, 1.54) is 105 Å². The maximum absolute atomic E-state index is 14.6. The van der Waals surface area contributed by atoms with E-state index in [1.807, 2.05) is 19.1 Å². The fourth-order valence-electron chi connectivity index (χ4n) is 11.3. The van der Waals surface area contributed by atoms with Crippen LogP contribution in [0.15, 0.2) is 301 Å². The van der Waals surface area contributed by atoms with Crippen LogP contribution in [0.25, 0.3) is 0 Å². The molecule has 0 spiro atoms. The number of carbonyl (C=O) groups excluding carboxylic acids is 1. The Hall–Kier alpha value is -9.41. The summed E-state index contributed by atoms with van der Waals surface area (Å²) in [6, 6.07) is 53.9. The summed E-state index contributed by atoms with van der Waals surface area (Å²) in [5.74, 6) is -13.2. The molecule has 1 aliphatic rings. The number of hydrogen-bond donors (Lipinski definition) is 0. The third kappa shape index (κ3) is 17.8. The first-order valence-electron chi connectivity index (χ1n) is 31.8. The predicted octanol–water partition coefficient (Wildman–Crippen LogP) is 24.2. The first-order chi connectivity index (χ1) is 49.4. The summed E-state index contributed by atoms with van der Waals surface area (Å²) in [6.45, 7) is 5.04. The van der Waals surface area contributed by atoms with Crippen LogP contribution < -0.4 is 0 Å². The number of aryl methyl sites for hydroxylation is 2. The van der Waals surface area contributed by atoms with Gasteiger partial charge in [0.15, 0.2) is 118 Å². The zero-order valence-electron chi connectivity index (χ0n) is 54.8. The van der Waals surface area contributed by atoms with Crippen LogP contribution in [0.3, 0.4) is 0 Å². The molecule has 0 atom stereocenters. The smallest absolute Gasteiger partial charge is 0.237 e. The molecule has 103 heavy (non-hydrogen) atoms. The topological polar surface area (TPSA) is 17.1 Å². The molecule has 1 nitrogen and oxygen atoms in total. The molecule has 1 fully saturated rings. The number of carbonyl (C=O) groups is 1. The molecule has 0 saturated heterocycles. The van der Waals surface area contributed by atoms with Crippen LogP contribution in [0, 0.1) is 107 Å². The van der Waals surface area contributed by atoms with Gasteiger partial charge >= 0.3 is 0 Å². The zero-order valence-corrected chi connectivity index (χ0v) is 58.1. The Morgan fingerprint density at radius 1 is 0.262 bits per heavy atom. The van der Waals surface area contributed by atoms with E-state index in [0.717, 1.165) is 121 Å². The molecule has 21 heteroatoms. The van der Waals surface area contributed by atoms with Crippen molar-refractivity contribution in [1.82, 2.24) is 0 Å². The molecule has 13 rings (SSSR count). The van der Waals surface area contributed by atoms with Crippen molar-refractivity contribution in [3.05, 3.63) is 358 Å². The Bertz CT molecular complexity index is 4610. The average Bonchev–Trinajstić information content (AvgIpc) is 0.794. The highest BCUT2D eigenvalue weighted by atomic mass is 32.2. The molecular formula is C82H60F16OS4+4. The van der Waals surface area contributed by atoms with E-state index in [4.69, 9.17) is 0 Å². The van der Waals surface area contributed by atoms with Crippen molar-refractivity contribution >= 4 is 49.4 Å². The fraction of sp³-hybridized carbons (Fsp3) is 0.110. The van der Waals surface area contributed by atoms with Gasteiger partial charge in [0.1, 0.15) is 43.6 Å². The minimum Gasteiger partial charge on any atom is -0.295 e. The summed E-state index contributed by atoms with van der Waals surface area (Å²) in [4.78, 5) is 10.3. The van der Waals surface area contributed by atoms with Crippen LogP contribution in [0.5, 0.6) is 0 Å². The van der Waals surface area contributed by atoms with Gasteiger partial charge in [0.05, 0.1) is 0 Å². The molecule has 1 saturated carbocycles. The number of rotatable bonds is 14. The summed E-state index contributed by atoms with van der Waals surface area (Å²) in [7, 11) is -6.41. The lowest BCUT2D eigenvalue weighted by Gasteiger charge is -2.22. The summed E-state index contributed by atoms with van der Waals surface area (Å²) < 4.78 is 231. The highest BCUT2D eigenvalue weighted by Crippen LogP contribution is 2.43. The minimum absolute atomic E-state index is 0.189. The number of halogens is 16. The highest BCUT2D eigenvalue weighted by Gasteiger charge is 2.44. The van der Waals surface area contributed by atoms with Crippen molar-refractivity contribution < 1.29 is 75.0 Å². The van der Waals surface area contributed by atoms with Gasteiger partial charge in [0.2, 0.25) is 39.2 Å². The van der Waals surface area contributed by atoms with Crippen molar-refractivity contribution in [2.75, 3.05) is 0 Å². The Morgan fingerprint density at radius 3 is 0.728 bits per heavy atom. The van der Waals surface area contributed by atoms with E-state index < -0.39 is 146 Å². The second-order valence-corrected chi connectivity index (χ2v) is 30.8. The van der Waals surface area contributed by atoms with Crippen molar-refractivity contribution in [3.8, 4) is 0 Å². The Labute approximate surface area is 596 Å². The second-order valence-electron chi connectivity index (χ2n) is 23.2. The molecule has 0 radical (unpaired) electrons. The van der Waals surface area contributed by atoms with Crippen LogP contribution in [-0.2, 0) is 43.6 Å². The van der Waals surface area contributed by atoms with Gasteiger partial charge in [-0.05, 0) is 208 Å². The number of benzene rings is 12. The first kappa shape index (κ1) is 76.2. The molecule has 1 aliphatic carbocycles. The van der Waals surface area contributed by atoms with Crippen LogP contribution in [0.1, 0.15) is 72.0 Å². The van der Waals surface area contributed by atoms with Gasteiger partial charge < -0.3 is 0 Å². The molecule has 12 aromatic carbocycles. The van der Waals surface area contributed by atoms with Gasteiger partial charge in [-0.1, -0.05) is 110 Å². The molecule has 0 bridgehead atoms. The lowest BCUT2D eigenvalue weighted by molar-refractivity contribution is 0.101. The van der Waals surface area contributed by atoms with Gasteiger partial charge in [-0.3, -0.25) is 4.79 Å². The molecule has 0 aliphatic heterocycles. The van der Waals surface area contributed by atoms with E-state index in [-0.39, 0.29) is 35.2 Å². The summed E-state index contributed by atoms with van der Waals surface area (Å²) in [5, 5.41) is 0. The minimum atomic E-state index is -1.69. The zero-order chi connectivity index (χ0) is 73.8. The van der Waals surface area contributed by atoms with E-state index in [9.17, 15) is 75.0 Å². The molecule has 0 heterocycles. The van der Waals surface area contributed by atoms with E-state index in [2.05, 4.69) is 0 Å². The molecule has 0 N–H and O–H groups in total. The Kier molecular flexibility index (Phi) is 25.7. The number of hydrogen-bond acceptors (Lipinski definition) is 1. The largest absolute Gasteiger partial charge is 0.295 e. The molecule has 0 aromatic heterocycles. The summed E-state index contributed by atoms with van der Waals surface area (Å²) in [5.41, 5.74) is 3.32. The normalized spacial score (nSPS) is 12.2. The average molecular weight is 1490 g/mol. The third-order valence-corrected chi connectivity index (χ3v) is 25.5. The molecule has 0 unspecified atom stereocenters. The monoisotopic (exact) mass is 1490 g/mol. The van der Waals surface area contributed by atoms with E-state index in [0.29, 0.717) is 31.1 Å². The Morgan fingerprint density at radius 2 is 0.485 bits per heavy atom. The van der Waals surface area contributed by atoms with Crippen LogP contribution in [0.2, 0.25) is 0 Å². The van der Waals surface area contributed by atoms with E-state index in [1.54, 1.807) is 67.6 Å². The molecule has 0 amide bonds. The molecule has 12 aromatic rings. The van der Waals surface area contributed by atoms with Crippen molar-refractivity contribution in [3.63, 3.8) is 0 Å². The van der Waals surface area contributed by atoms with Crippen molar-refractivity contribution in [2.45, 2.75) is 118 Å². The van der Waals surface area contributed by atoms with Crippen LogP contribution in [0.4, 0.5) is 70.2 Å². The second kappa shape index (κ2) is 34.7. The third-order valence-electron chi connectivity index (χ3n) is 16.2. The standard InChI is InChI=1S/C24H21F4S.C20H13F4OS.2C19H13F4S/c25-19-8-4-9-20(26)23(19)29(24-21(27)10-5-11-22(24)28)18-14-12-17(13-15-18)16-6-2-1-3-7-16;1-12(25)13-8-10-14(11-9-13)26(19-15(21)4-2-5-16(19)22)20-17(23)6-3-7-18(20)24;1-12-5-2-6-13(11-12)24(18-14(20)7-3-8-15(18)21)19-16(22)9-4-10-17(19)23;1-12-8-10-13(11-9-12)24(18-14(20)4-2-5-15(18)21)19-16(22)6-3-7-17(19)23/h4-5,8-16H,1-3,6-7H2;2-11H,1H3;2*2-11H,1H3/q4*+1. The summed E-state index contributed by atoms with van der Waals surface area (Å²) >= 11 is 0. The SMILES string of the molecule is CC(=O)c1ccc([S+](c2c(F)cccc2F)c2c(F)cccc2F)cc1.Cc1ccc([S+](c2c(F)cccc2F)c2c(F)cccc2F)cc1.Cc1cccc([S+](c2c(F)cccc2F)c2c(F)cccc2F)c1.Fc1cccc(F)c1[S+](c1ccc(C2CCCCC2)cc1)c1c(F)cccc1F. The van der Waals surface area contributed by atoms with Gasteiger partial charge in [-0.25, -0.2) is 70.2 Å². The lowest BCUT2D eigenvalue weighted by atomic mass is 9.84. The Balaban J connectivity index is 0.000000148. The molecule has 526 valence electrons. The number of Topliss-reactive ketones (excluding diaryl/α,β-unsaturated/α-hetero) is 1. The maximum Gasteiger partial charge on any atom is 0.237 e. The van der Waals surface area contributed by atoms with Gasteiger partial charge in [0, 0.05) is 5.56 Å². The van der Waals surface area contributed by atoms with E-state index >= 15 is 0 Å². The maximum atomic E-state index is 14.6. The van der Waals surface area contributed by atoms with Gasteiger partial charge in [-0.2, -0.15) is 0 Å². The summed E-state index contributed by atoms with van der Waals surface area (Å²) in [6.07, 6.45) is 5.87. The molecular weight excluding hydrogens is 1430 g/mol. The fourth-order valence-corrected chi connectivity index (χ4v) is 20.0. The van der Waals surface area contributed by atoms with Gasteiger partial charge in [-0.15, -0.1) is 0 Å². The quantitative estimate of drug-likeness (QED) is 0.0602. The van der Waals surface area contributed by atoms with Crippen molar-refractivity contribution in [2.24, 2.45) is 0 Å². The van der Waals surface area contributed by atoms with Crippen LogP contribution >= 0.6 is 0 Å². The van der Waals surface area contributed by atoms with Gasteiger partial charge in [0.25, 0.3) is 0 Å². The predicted molar refractivity (Wildman–Crippen MR) is 371 cm³/mol. The van der Waals surface area contributed by atoms with Crippen molar-refractivity contribution in [1.29, 1.82) is 0 Å². The van der Waals surface area contributed by atoms with Crippen LogP contribution in [-0.4, -0.2) is 5.78 Å². The first-order valence-corrected chi connectivity index (χ1v) is 36.7. The lowest BCUT2D eigenvalue weighted by Crippen LogP contribution is -2.13. The number of ketones is 1.